The Kier molecular flexibility index (Phi) is 3.73. The predicted molar refractivity (Wildman–Crippen MR) is 72.8 cm³/mol. The molecule has 0 aliphatic carbocycles. The Balaban J connectivity index is 1.75. The summed E-state index contributed by atoms with van der Waals surface area (Å²) in [5.74, 6) is 0.616. The van der Waals surface area contributed by atoms with Crippen molar-refractivity contribution in [3.63, 3.8) is 0 Å². The summed E-state index contributed by atoms with van der Waals surface area (Å²) in [6.45, 7) is 2.74. The zero-order chi connectivity index (χ0) is 13.2. The summed E-state index contributed by atoms with van der Waals surface area (Å²) in [6.07, 6.45) is 1.00. The summed E-state index contributed by atoms with van der Waals surface area (Å²) in [5, 5.41) is 3.97. The van der Waals surface area contributed by atoms with Gasteiger partial charge in [-0.15, -0.1) is 0 Å². The molecule has 4 nitrogen and oxygen atoms in total. The van der Waals surface area contributed by atoms with Gasteiger partial charge >= 0.3 is 0 Å². The number of halogens is 1. The van der Waals surface area contributed by atoms with E-state index in [1.54, 1.807) is 0 Å². The van der Waals surface area contributed by atoms with Gasteiger partial charge in [0.25, 0.3) is 0 Å². The van der Waals surface area contributed by atoms with Crippen molar-refractivity contribution in [2.75, 3.05) is 26.3 Å². The summed E-state index contributed by atoms with van der Waals surface area (Å²) in [4.78, 5) is 13.9. The molecule has 2 unspecified atom stereocenters. The minimum Gasteiger partial charge on any atom is -0.381 e. The van der Waals surface area contributed by atoms with E-state index in [0.29, 0.717) is 17.5 Å². The third-order valence-electron chi connectivity index (χ3n) is 3.74. The van der Waals surface area contributed by atoms with Crippen molar-refractivity contribution in [1.29, 1.82) is 0 Å². The molecule has 2 saturated heterocycles. The van der Waals surface area contributed by atoms with E-state index >= 15 is 0 Å². The van der Waals surface area contributed by atoms with Gasteiger partial charge in [0.1, 0.15) is 6.17 Å². The van der Waals surface area contributed by atoms with Gasteiger partial charge < -0.3 is 9.64 Å². The number of hydrogen-bond acceptors (Lipinski definition) is 3. The minimum atomic E-state index is -0.0367. The fourth-order valence-corrected chi connectivity index (χ4v) is 2.82. The standard InChI is InChI=1S/C14H17ClN2O2/c15-12-3-1-11(2-4-12)14-16-7-13(18)17(14)8-10-5-6-19-9-10/h1-4,10,14,16H,5-9H2. The smallest absolute Gasteiger partial charge is 0.238 e. The highest BCUT2D eigenvalue weighted by molar-refractivity contribution is 6.30. The molecule has 1 aromatic carbocycles. The number of benzene rings is 1. The molecule has 1 amide bonds. The quantitative estimate of drug-likeness (QED) is 0.918. The lowest BCUT2D eigenvalue weighted by atomic mass is 10.1. The molecular formula is C14H17ClN2O2. The second-order valence-corrected chi connectivity index (χ2v) is 5.55. The highest BCUT2D eigenvalue weighted by Crippen LogP contribution is 2.26. The first-order valence-corrected chi connectivity index (χ1v) is 6.98. The molecule has 19 heavy (non-hydrogen) atoms. The lowest BCUT2D eigenvalue weighted by Crippen LogP contribution is -2.34. The SMILES string of the molecule is O=C1CNC(c2ccc(Cl)cc2)N1CC1CCOC1. The van der Waals surface area contributed by atoms with Gasteiger partial charge in [0.15, 0.2) is 0 Å². The Morgan fingerprint density at radius 2 is 2.16 bits per heavy atom. The number of ether oxygens (including phenoxy) is 1. The van der Waals surface area contributed by atoms with E-state index in [1.807, 2.05) is 29.2 Å². The second kappa shape index (κ2) is 5.49. The molecule has 2 atom stereocenters. The number of rotatable bonds is 3. The molecule has 0 bridgehead atoms. The van der Waals surface area contributed by atoms with Crippen LogP contribution in [-0.2, 0) is 9.53 Å². The summed E-state index contributed by atoms with van der Waals surface area (Å²) >= 11 is 5.90. The molecule has 0 spiro atoms. The molecule has 102 valence electrons. The van der Waals surface area contributed by atoms with Gasteiger partial charge in [0.05, 0.1) is 13.2 Å². The maximum Gasteiger partial charge on any atom is 0.238 e. The maximum atomic E-state index is 12.0. The molecule has 0 aromatic heterocycles. The van der Waals surface area contributed by atoms with Crippen molar-refractivity contribution < 1.29 is 9.53 Å². The molecule has 2 heterocycles. The van der Waals surface area contributed by atoms with E-state index in [4.69, 9.17) is 16.3 Å². The van der Waals surface area contributed by atoms with E-state index in [9.17, 15) is 4.79 Å². The van der Waals surface area contributed by atoms with Gasteiger partial charge in [-0.2, -0.15) is 0 Å². The molecule has 0 saturated carbocycles. The van der Waals surface area contributed by atoms with Crippen molar-refractivity contribution in [3.05, 3.63) is 34.9 Å². The Hall–Kier alpha value is -1.10. The molecule has 0 radical (unpaired) electrons. The van der Waals surface area contributed by atoms with Gasteiger partial charge in [0.2, 0.25) is 5.91 Å². The fourth-order valence-electron chi connectivity index (χ4n) is 2.70. The Morgan fingerprint density at radius 3 is 2.84 bits per heavy atom. The molecule has 1 aromatic rings. The number of hydrogen-bond donors (Lipinski definition) is 1. The zero-order valence-electron chi connectivity index (χ0n) is 10.6. The normalized spacial score (nSPS) is 27.2. The lowest BCUT2D eigenvalue weighted by Gasteiger charge is -2.27. The lowest BCUT2D eigenvalue weighted by molar-refractivity contribution is -0.128. The van der Waals surface area contributed by atoms with Crippen LogP contribution in [0.4, 0.5) is 0 Å². The monoisotopic (exact) mass is 280 g/mol. The Morgan fingerprint density at radius 1 is 1.37 bits per heavy atom. The topological polar surface area (TPSA) is 41.6 Å². The van der Waals surface area contributed by atoms with Gasteiger partial charge in [-0.25, -0.2) is 0 Å². The first-order valence-electron chi connectivity index (χ1n) is 6.60. The summed E-state index contributed by atoms with van der Waals surface area (Å²) in [7, 11) is 0. The molecule has 1 N–H and O–H groups in total. The second-order valence-electron chi connectivity index (χ2n) is 5.11. The Bertz CT molecular complexity index is 457. The molecule has 2 aliphatic heterocycles. The highest BCUT2D eigenvalue weighted by atomic mass is 35.5. The average molecular weight is 281 g/mol. The first kappa shape index (κ1) is 12.9. The van der Waals surface area contributed by atoms with Crippen molar-refractivity contribution in [2.45, 2.75) is 12.6 Å². The van der Waals surface area contributed by atoms with Crippen molar-refractivity contribution in [2.24, 2.45) is 5.92 Å². The van der Waals surface area contributed by atoms with Crippen molar-refractivity contribution >= 4 is 17.5 Å². The van der Waals surface area contributed by atoms with Crippen LogP contribution in [0.15, 0.2) is 24.3 Å². The minimum absolute atomic E-state index is 0.0367. The van der Waals surface area contributed by atoms with E-state index < -0.39 is 0 Å². The summed E-state index contributed by atoms with van der Waals surface area (Å²) in [5.41, 5.74) is 1.08. The fraction of sp³-hybridized carbons (Fsp3) is 0.500. The molecule has 3 rings (SSSR count). The molecule has 2 aliphatic rings. The number of nitrogens with one attached hydrogen (secondary N) is 1. The third kappa shape index (κ3) is 2.76. The van der Waals surface area contributed by atoms with Crippen LogP contribution in [0.2, 0.25) is 5.02 Å². The van der Waals surface area contributed by atoms with E-state index in [2.05, 4.69) is 5.32 Å². The van der Waals surface area contributed by atoms with Gasteiger partial charge in [-0.3, -0.25) is 10.1 Å². The van der Waals surface area contributed by atoms with E-state index in [-0.39, 0.29) is 12.1 Å². The Labute approximate surface area is 117 Å². The number of carbonyl (C=O) groups excluding carboxylic acids is 1. The van der Waals surface area contributed by atoms with Crippen LogP contribution in [0.1, 0.15) is 18.2 Å². The first-order chi connectivity index (χ1) is 9.24. The van der Waals surface area contributed by atoms with E-state index in [1.165, 1.54) is 0 Å². The number of amides is 1. The largest absolute Gasteiger partial charge is 0.381 e. The van der Waals surface area contributed by atoms with Crippen molar-refractivity contribution in [3.8, 4) is 0 Å². The zero-order valence-corrected chi connectivity index (χ0v) is 11.4. The van der Waals surface area contributed by atoms with Crippen LogP contribution < -0.4 is 5.32 Å². The summed E-state index contributed by atoms with van der Waals surface area (Å²) < 4.78 is 5.38. The summed E-state index contributed by atoms with van der Waals surface area (Å²) in [6, 6.07) is 7.66. The van der Waals surface area contributed by atoms with E-state index in [0.717, 1.165) is 31.7 Å². The van der Waals surface area contributed by atoms with Crippen LogP contribution in [0.25, 0.3) is 0 Å². The van der Waals surface area contributed by atoms with Crippen molar-refractivity contribution in [1.82, 2.24) is 10.2 Å². The molecule has 2 fully saturated rings. The molecule has 5 heteroatoms. The van der Waals surface area contributed by atoms with Crippen LogP contribution in [0, 0.1) is 5.92 Å². The van der Waals surface area contributed by atoms with Gasteiger partial charge in [-0.05, 0) is 24.1 Å². The van der Waals surface area contributed by atoms with Gasteiger partial charge in [-0.1, -0.05) is 23.7 Å². The van der Waals surface area contributed by atoms with Crippen LogP contribution in [-0.4, -0.2) is 37.1 Å². The predicted octanol–water partition coefficient (Wildman–Crippen LogP) is 1.81. The van der Waals surface area contributed by atoms with Crippen LogP contribution in [0.3, 0.4) is 0 Å². The highest BCUT2D eigenvalue weighted by Gasteiger charge is 2.33. The van der Waals surface area contributed by atoms with Crippen LogP contribution in [0.5, 0.6) is 0 Å². The van der Waals surface area contributed by atoms with Crippen LogP contribution >= 0.6 is 11.6 Å². The third-order valence-corrected chi connectivity index (χ3v) is 4.00. The number of nitrogens with zero attached hydrogens (tertiary/aromatic N) is 1. The van der Waals surface area contributed by atoms with Gasteiger partial charge in [0, 0.05) is 24.1 Å². The number of carbonyl (C=O) groups is 1. The maximum absolute atomic E-state index is 12.0. The average Bonchev–Trinajstić information content (AvgIpc) is 3.03. The molecular weight excluding hydrogens is 264 g/mol.